The molecule has 1 aromatic carbocycles. The lowest BCUT2D eigenvalue weighted by atomic mass is 10.3. The van der Waals surface area contributed by atoms with Gasteiger partial charge in [-0.25, -0.2) is 4.79 Å². The summed E-state index contributed by atoms with van der Waals surface area (Å²) in [4.78, 5) is 20.8. The van der Waals surface area contributed by atoms with Crippen molar-refractivity contribution in [1.82, 2.24) is 5.32 Å². The van der Waals surface area contributed by atoms with Crippen LogP contribution in [0.25, 0.3) is 0 Å². The average molecular weight is 282 g/mol. The Labute approximate surface area is 116 Å². The van der Waals surface area contributed by atoms with Crippen LogP contribution in [0.1, 0.15) is 12.8 Å². The first-order valence-corrected chi connectivity index (χ1v) is 6.18. The fourth-order valence-electron chi connectivity index (χ4n) is 1.42. The van der Waals surface area contributed by atoms with Gasteiger partial charge in [0.15, 0.2) is 0 Å². The molecule has 0 aliphatic rings. The van der Waals surface area contributed by atoms with Crippen LogP contribution in [0, 0.1) is 0 Å². The van der Waals surface area contributed by atoms with E-state index < -0.39 is 6.09 Å². The highest BCUT2D eigenvalue weighted by atomic mass is 16.5. The topological polar surface area (TPSA) is 111 Å². The van der Waals surface area contributed by atoms with Crippen molar-refractivity contribution < 1.29 is 24.2 Å². The highest BCUT2D eigenvalue weighted by Gasteiger charge is 2.00. The number of hydrogen-bond donors (Lipinski definition) is 3. The number of carboxylic acid groups (broad SMARTS) is 1. The van der Waals surface area contributed by atoms with E-state index in [4.69, 9.17) is 20.3 Å². The molecule has 0 aliphatic carbocycles. The highest BCUT2D eigenvalue weighted by Crippen LogP contribution is 2.19. The zero-order chi connectivity index (χ0) is 14.8. The van der Waals surface area contributed by atoms with Crippen LogP contribution >= 0.6 is 0 Å². The van der Waals surface area contributed by atoms with Crippen molar-refractivity contribution in [1.29, 1.82) is 0 Å². The monoisotopic (exact) mass is 282 g/mol. The van der Waals surface area contributed by atoms with Crippen molar-refractivity contribution in [3.63, 3.8) is 0 Å². The molecule has 0 unspecified atom stereocenters. The van der Waals surface area contributed by atoms with E-state index in [0.29, 0.717) is 24.5 Å². The van der Waals surface area contributed by atoms with E-state index in [2.05, 4.69) is 5.32 Å². The van der Waals surface area contributed by atoms with Gasteiger partial charge in [-0.15, -0.1) is 0 Å². The molecule has 0 bridgehead atoms. The summed E-state index contributed by atoms with van der Waals surface area (Å²) < 4.78 is 10.8. The Morgan fingerprint density at radius 3 is 2.45 bits per heavy atom. The molecule has 1 rings (SSSR count). The van der Waals surface area contributed by atoms with Crippen molar-refractivity contribution >= 4 is 12.0 Å². The van der Waals surface area contributed by atoms with Gasteiger partial charge in [0.25, 0.3) is 0 Å². The van der Waals surface area contributed by atoms with Gasteiger partial charge in [0.2, 0.25) is 5.91 Å². The molecule has 0 saturated carbocycles. The van der Waals surface area contributed by atoms with Crippen LogP contribution in [0.15, 0.2) is 24.3 Å². The van der Waals surface area contributed by atoms with Gasteiger partial charge >= 0.3 is 6.09 Å². The number of ether oxygens (including phenoxy) is 2. The van der Waals surface area contributed by atoms with Crippen LogP contribution in [0.5, 0.6) is 11.5 Å². The Hall–Kier alpha value is -2.44. The number of primary amides is 1. The summed E-state index contributed by atoms with van der Waals surface area (Å²) in [7, 11) is 0. The standard InChI is InChI=1S/C13H18N2O5/c14-12(16)5-2-7-19-10-3-1-4-11(9-10)20-8-6-15-13(17)18/h1,3-4,9,15H,2,5-8H2,(H2,14,16)(H,17,18). The minimum atomic E-state index is -1.08. The van der Waals surface area contributed by atoms with Crippen LogP contribution in [-0.4, -0.2) is 36.9 Å². The molecular weight excluding hydrogens is 264 g/mol. The van der Waals surface area contributed by atoms with E-state index in [1.807, 2.05) is 0 Å². The van der Waals surface area contributed by atoms with Crippen LogP contribution in [0.2, 0.25) is 0 Å². The normalized spacial score (nSPS) is 9.80. The lowest BCUT2D eigenvalue weighted by Crippen LogP contribution is -2.26. The zero-order valence-corrected chi connectivity index (χ0v) is 11.0. The summed E-state index contributed by atoms with van der Waals surface area (Å²) in [5.41, 5.74) is 5.02. The Balaban J connectivity index is 2.29. The van der Waals surface area contributed by atoms with E-state index in [1.54, 1.807) is 24.3 Å². The van der Waals surface area contributed by atoms with E-state index in [9.17, 15) is 9.59 Å². The second-order valence-electron chi connectivity index (χ2n) is 3.97. The van der Waals surface area contributed by atoms with Gasteiger partial charge < -0.3 is 25.6 Å². The smallest absolute Gasteiger partial charge is 0.404 e. The first-order chi connectivity index (χ1) is 9.58. The van der Waals surface area contributed by atoms with E-state index in [-0.39, 0.29) is 25.5 Å². The van der Waals surface area contributed by atoms with Crippen molar-refractivity contribution in [3.8, 4) is 11.5 Å². The third kappa shape index (κ3) is 7.10. The summed E-state index contributed by atoms with van der Waals surface area (Å²) >= 11 is 0. The number of carbonyl (C=O) groups excluding carboxylic acids is 1. The predicted octanol–water partition coefficient (Wildman–Crippen LogP) is 0.977. The second-order valence-corrected chi connectivity index (χ2v) is 3.97. The first kappa shape index (κ1) is 15.6. The Bertz CT molecular complexity index is 413. The Morgan fingerprint density at radius 2 is 1.85 bits per heavy atom. The predicted molar refractivity (Wildman–Crippen MR) is 71.9 cm³/mol. The number of carbonyl (C=O) groups is 2. The largest absolute Gasteiger partial charge is 0.493 e. The van der Waals surface area contributed by atoms with E-state index in [1.165, 1.54) is 0 Å². The summed E-state index contributed by atoms with van der Waals surface area (Å²) in [6, 6.07) is 6.98. The quantitative estimate of drug-likeness (QED) is 0.585. The Morgan fingerprint density at radius 1 is 1.20 bits per heavy atom. The minimum Gasteiger partial charge on any atom is -0.493 e. The van der Waals surface area contributed by atoms with Crippen molar-refractivity contribution in [2.75, 3.05) is 19.8 Å². The van der Waals surface area contributed by atoms with Gasteiger partial charge in [-0.05, 0) is 18.6 Å². The van der Waals surface area contributed by atoms with Gasteiger partial charge in [-0.1, -0.05) is 6.07 Å². The third-order valence-corrected chi connectivity index (χ3v) is 2.29. The molecule has 0 aliphatic heterocycles. The van der Waals surface area contributed by atoms with Crippen LogP contribution in [-0.2, 0) is 4.79 Å². The molecule has 20 heavy (non-hydrogen) atoms. The molecule has 7 nitrogen and oxygen atoms in total. The van der Waals surface area contributed by atoms with Crippen molar-refractivity contribution in [2.24, 2.45) is 5.73 Å². The maximum Gasteiger partial charge on any atom is 0.404 e. The van der Waals surface area contributed by atoms with Gasteiger partial charge in [0.05, 0.1) is 13.2 Å². The summed E-state index contributed by atoms with van der Waals surface area (Å²) in [6.07, 6.45) is -0.236. The number of nitrogens with one attached hydrogen (secondary N) is 1. The zero-order valence-electron chi connectivity index (χ0n) is 11.0. The van der Waals surface area contributed by atoms with Gasteiger partial charge in [-0.3, -0.25) is 4.79 Å². The molecule has 0 saturated heterocycles. The lowest BCUT2D eigenvalue weighted by Gasteiger charge is -2.09. The maximum atomic E-state index is 10.6. The molecule has 0 heterocycles. The minimum absolute atomic E-state index is 0.207. The molecule has 0 radical (unpaired) electrons. The average Bonchev–Trinajstić information content (AvgIpc) is 2.40. The van der Waals surface area contributed by atoms with Crippen molar-refractivity contribution in [2.45, 2.75) is 12.8 Å². The molecule has 0 atom stereocenters. The van der Waals surface area contributed by atoms with Crippen molar-refractivity contribution in [3.05, 3.63) is 24.3 Å². The first-order valence-electron chi connectivity index (χ1n) is 6.18. The fraction of sp³-hybridized carbons (Fsp3) is 0.385. The van der Waals surface area contributed by atoms with Gasteiger partial charge in [-0.2, -0.15) is 0 Å². The molecule has 0 spiro atoms. The number of amides is 2. The number of benzene rings is 1. The summed E-state index contributed by atoms with van der Waals surface area (Å²) in [5.74, 6) is 0.861. The van der Waals surface area contributed by atoms with Crippen LogP contribution < -0.4 is 20.5 Å². The lowest BCUT2D eigenvalue weighted by molar-refractivity contribution is -0.118. The van der Waals surface area contributed by atoms with E-state index in [0.717, 1.165) is 0 Å². The molecule has 110 valence electrons. The number of rotatable bonds is 9. The molecular formula is C13H18N2O5. The molecule has 1 aromatic rings. The fourth-order valence-corrected chi connectivity index (χ4v) is 1.42. The summed E-state index contributed by atoms with van der Waals surface area (Å²) in [6.45, 7) is 0.837. The number of nitrogens with two attached hydrogens (primary N) is 1. The Kier molecular flexibility index (Phi) is 6.74. The third-order valence-electron chi connectivity index (χ3n) is 2.29. The molecule has 7 heteroatoms. The molecule has 0 aromatic heterocycles. The number of hydrogen-bond acceptors (Lipinski definition) is 4. The van der Waals surface area contributed by atoms with Gasteiger partial charge in [0.1, 0.15) is 18.1 Å². The van der Waals surface area contributed by atoms with Crippen LogP contribution in [0.3, 0.4) is 0 Å². The van der Waals surface area contributed by atoms with Crippen LogP contribution in [0.4, 0.5) is 4.79 Å². The van der Waals surface area contributed by atoms with Gasteiger partial charge in [0, 0.05) is 12.5 Å². The second kappa shape index (κ2) is 8.63. The SMILES string of the molecule is NC(=O)CCCOc1cccc(OCCNC(=O)O)c1. The molecule has 0 fully saturated rings. The molecule has 2 amide bonds. The maximum absolute atomic E-state index is 10.6. The molecule has 4 N–H and O–H groups in total. The van der Waals surface area contributed by atoms with E-state index >= 15 is 0 Å². The highest BCUT2D eigenvalue weighted by molar-refractivity contribution is 5.73. The summed E-state index contributed by atoms with van der Waals surface area (Å²) in [5, 5.41) is 10.6.